The van der Waals surface area contributed by atoms with Crippen molar-refractivity contribution in [3.63, 3.8) is 0 Å². The number of rotatable bonds is 4. The first kappa shape index (κ1) is 22.8. The van der Waals surface area contributed by atoms with Crippen LogP contribution in [0.1, 0.15) is 13.8 Å². The minimum atomic E-state index is -4.22. The molecule has 0 aromatic heterocycles. The molecular weight excluding hydrogens is 471 g/mol. The first-order valence-corrected chi connectivity index (χ1v) is 7.22. The van der Waals surface area contributed by atoms with Crippen LogP contribution in [-0.2, 0) is 20.2 Å². The van der Waals surface area contributed by atoms with Gasteiger partial charge in [0.05, 0.1) is 43.9 Å². The van der Waals surface area contributed by atoms with Crippen LogP contribution < -0.4 is 0 Å². The normalized spacial score (nSPS) is 14.9. The topological polar surface area (TPSA) is 155 Å². The Morgan fingerprint density at radius 2 is 1.06 bits per heavy atom. The number of aliphatic hydroxyl groups is 2. The van der Waals surface area contributed by atoms with Gasteiger partial charge in [-0.15, -0.1) is 0 Å². The largest absolute Gasteiger partial charge is 2.00 e. The molecule has 0 saturated carbocycles. The summed E-state index contributed by atoms with van der Waals surface area (Å²) in [5, 5.41) is 16.6. The summed E-state index contributed by atoms with van der Waals surface area (Å²) in [6, 6.07) is 0. The molecule has 0 saturated heterocycles. The minimum absolute atomic E-state index is 0. The van der Waals surface area contributed by atoms with Crippen molar-refractivity contribution in [2.45, 2.75) is 26.1 Å². The van der Waals surface area contributed by atoms with Gasteiger partial charge in [0.25, 0.3) is 0 Å². The Labute approximate surface area is 121 Å². The van der Waals surface area contributed by atoms with E-state index in [2.05, 4.69) is 0 Å². The van der Waals surface area contributed by atoms with Crippen molar-refractivity contribution in [1.29, 1.82) is 0 Å². The molecule has 11 heteroatoms. The summed E-state index contributed by atoms with van der Waals surface area (Å²) in [5.74, 6) is -1.40. The van der Waals surface area contributed by atoms with E-state index >= 15 is 0 Å². The monoisotopic (exact) mass is 486 g/mol. The zero-order chi connectivity index (χ0) is 13.6. The Kier molecular flexibility index (Phi) is 12.8. The maximum absolute atomic E-state index is 9.73. The molecule has 2 atom stereocenters. The molecule has 17 heavy (non-hydrogen) atoms. The van der Waals surface area contributed by atoms with Crippen molar-refractivity contribution in [2.24, 2.45) is 0 Å². The molecular formula is C6H14O8PbS2. The predicted molar refractivity (Wildman–Crippen MR) is 58.2 cm³/mol. The second kappa shape index (κ2) is 9.57. The van der Waals surface area contributed by atoms with E-state index in [0.29, 0.717) is 0 Å². The van der Waals surface area contributed by atoms with Crippen LogP contribution in [0, 0.1) is 0 Å². The summed E-state index contributed by atoms with van der Waals surface area (Å²) in [7, 11) is -8.45. The Morgan fingerprint density at radius 1 is 0.882 bits per heavy atom. The van der Waals surface area contributed by atoms with E-state index in [-0.39, 0.29) is 27.3 Å². The van der Waals surface area contributed by atoms with Crippen LogP contribution in [-0.4, -0.2) is 87.2 Å². The summed E-state index contributed by atoms with van der Waals surface area (Å²) in [4.78, 5) is 0. The van der Waals surface area contributed by atoms with Crippen molar-refractivity contribution >= 4 is 47.5 Å². The average Bonchev–Trinajstić information content (AvgIpc) is 1.72. The van der Waals surface area contributed by atoms with Crippen LogP contribution in [0.2, 0.25) is 0 Å². The second-order valence-corrected chi connectivity index (χ2v) is 6.04. The third-order valence-corrected chi connectivity index (χ3v) is 2.67. The van der Waals surface area contributed by atoms with Gasteiger partial charge >= 0.3 is 27.3 Å². The summed E-state index contributed by atoms with van der Waals surface area (Å²) < 4.78 is 58.4. The smallest absolute Gasteiger partial charge is 0.748 e. The Bertz CT molecular complexity index is 333. The molecule has 0 aromatic rings. The van der Waals surface area contributed by atoms with E-state index in [4.69, 9.17) is 10.2 Å². The Morgan fingerprint density at radius 3 is 1.06 bits per heavy atom. The fourth-order valence-electron chi connectivity index (χ4n) is 0.591. The predicted octanol–water partition coefficient (Wildman–Crippen LogP) is -2.56. The second-order valence-electron chi connectivity index (χ2n) is 3.15. The molecule has 0 rings (SSSR count). The van der Waals surface area contributed by atoms with Gasteiger partial charge in [0.1, 0.15) is 0 Å². The molecule has 0 spiro atoms. The Balaban J connectivity index is -0.000000218. The van der Waals surface area contributed by atoms with Crippen molar-refractivity contribution in [2.75, 3.05) is 11.5 Å². The molecule has 2 N–H and O–H groups in total. The van der Waals surface area contributed by atoms with Crippen molar-refractivity contribution in [3.05, 3.63) is 0 Å². The van der Waals surface area contributed by atoms with E-state index in [0.717, 1.165) is 0 Å². The van der Waals surface area contributed by atoms with Crippen molar-refractivity contribution < 1.29 is 36.2 Å². The first-order valence-electron chi connectivity index (χ1n) is 4.06. The molecule has 0 aliphatic rings. The van der Waals surface area contributed by atoms with Gasteiger partial charge in [-0.2, -0.15) is 0 Å². The SMILES string of the molecule is CC(O)CS(=O)(=O)[O-].CC(O)CS(=O)(=O)[O-].[Pb+2]. The van der Waals surface area contributed by atoms with Gasteiger partial charge in [-0.25, -0.2) is 16.8 Å². The van der Waals surface area contributed by atoms with Crippen molar-refractivity contribution in [3.8, 4) is 0 Å². The van der Waals surface area contributed by atoms with E-state index in [1.807, 2.05) is 0 Å². The first-order chi connectivity index (χ1) is 6.83. The fraction of sp³-hybridized carbons (Fsp3) is 1.00. The molecule has 102 valence electrons. The van der Waals surface area contributed by atoms with Gasteiger partial charge in [-0.05, 0) is 13.8 Å². The molecule has 0 heterocycles. The Hall–Kier alpha value is 0.662. The maximum Gasteiger partial charge on any atom is 2.00 e. The molecule has 0 bridgehead atoms. The van der Waals surface area contributed by atoms with Gasteiger partial charge in [0, 0.05) is 0 Å². The number of hydrogen-bond acceptors (Lipinski definition) is 8. The van der Waals surface area contributed by atoms with Crippen LogP contribution in [0.15, 0.2) is 0 Å². The average molecular weight is 486 g/mol. The van der Waals surface area contributed by atoms with Crippen LogP contribution in [0.3, 0.4) is 0 Å². The third-order valence-electron chi connectivity index (χ3n) is 0.891. The van der Waals surface area contributed by atoms with E-state index < -0.39 is 43.9 Å². The van der Waals surface area contributed by atoms with Gasteiger partial charge in [0.15, 0.2) is 0 Å². The molecule has 0 aromatic carbocycles. The zero-order valence-corrected chi connectivity index (χ0v) is 14.7. The van der Waals surface area contributed by atoms with E-state index in [1.165, 1.54) is 13.8 Å². The van der Waals surface area contributed by atoms with Crippen molar-refractivity contribution in [1.82, 2.24) is 0 Å². The molecule has 0 aliphatic carbocycles. The minimum Gasteiger partial charge on any atom is -0.748 e. The molecule has 0 aliphatic heterocycles. The summed E-state index contributed by atoms with van der Waals surface area (Å²) in [6.45, 7) is 2.49. The standard InChI is InChI=1S/2C3H8O4S.Pb/c2*1-3(4)2-8(5,6)7;/h2*3-4H,2H2,1H3,(H,5,6,7);/q;;+2/p-2. The van der Waals surface area contributed by atoms with Crippen LogP contribution in [0.4, 0.5) is 0 Å². The quantitative estimate of drug-likeness (QED) is 0.326. The molecule has 2 unspecified atom stereocenters. The summed E-state index contributed by atoms with van der Waals surface area (Å²) in [6.07, 6.45) is -2.12. The van der Waals surface area contributed by atoms with E-state index in [9.17, 15) is 25.9 Å². The van der Waals surface area contributed by atoms with Crippen LogP contribution in [0.5, 0.6) is 0 Å². The third kappa shape index (κ3) is 31.5. The molecule has 0 amide bonds. The van der Waals surface area contributed by atoms with Gasteiger partial charge in [-0.1, -0.05) is 0 Å². The van der Waals surface area contributed by atoms with Gasteiger partial charge in [-0.3, -0.25) is 0 Å². The maximum atomic E-state index is 9.73. The van der Waals surface area contributed by atoms with Crippen LogP contribution in [0.25, 0.3) is 0 Å². The number of aliphatic hydroxyl groups excluding tert-OH is 2. The number of hydrogen-bond donors (Lipinski definition) is 2. The van der Waals surface area contributed by atoms with Crippen LogP contribution >= 0.6 is 0 Å². The zero-order valence-electron chi connectivity index (χ0n) is 9.23. The fourth-order valence-corrected chi connectivity index (χ4v) is 1.77. The van der Waals surface area contributed by atoms with Gasteiger partial charge < -0.3 is 19.3 Å². The summed E-state index contributed by atoms with van der Waals surface area (Å²) in [5.41, 5.74) is 0. The molecule has 0 fully saturated rings. The summed E-state index contributed by atoms with van der Waals surface area (Å²) >= 11 is 0. The molecule has 2 radical (unpaired) electrons. The van der Waals surface area contributed by atoms with E-state index in [1.54, 1.807) is 0 Å². The molecule has 8 nitrogen and oxygen atoms in total. The van der Waals surface area contributed by atoms with Gasteiger partial charge in [0.2, 0.25) is 0 Å².